The number of aromatic nitrogens is 2. The van der Waals surface area contributed by atoms with Crippen LogP contribution in [0.2, 0.25) is 5.15 Å². The van der Waals surface area contributed by atoms with Gasteiger partial charge in [-0.3, -0.25) is 4.79 Å². The van der Waals surface area contributed by atoms with E-state index in [-0.39, 0.29) is 18.1 Å². The standard InChI is InChI=1S/C19H22ClN3O3/c1-13-15(18(20)23(22-13)14-8-6-5-7-9-14)10-11-17(25)26-12-16(24)21-19(2,3)4/h5-11H,12H2,1-4H3,(H,21,24)/b11-10+. The van der Waals surface area contributed by atoms with E-state index in [2.05, 4.69) is 10.4 Å². The molecule has 0 saturated carbocycles. The van der Waals surface area contributed by atoms with Crippen molar-refractivity contribution in [3.63, 3.8) is 0 Å². The van der Waals surface area contributed by atoms with Gasteiger partial charge in [0.25, 0.3) is 5.91 Å². The number of esters is 1. The van der Waals surface area contributed by atoms with Crippen LogP contribution < -0.4 is 5.32 Å². The Labute approximate surface area is 157 Å². The fourth-order valence-electron chi connectivity index (χ4n) is 2.23. The maximum Gasteiger partial charge on any atom is 0.331 e. The summed E-state index contributed by atoms with van der Waals surface area (Å²) in [5.74, 6) is -0.984. The van der Waals surface area contributed by atoms with Gasteiger partial charge in [-0.2, -0.15) is 5.10 Å². The van der Waals surface area contributed by atoms with E-state index in [0.717, 1.165) is 5.69 Å². The molecule has 6 nitrogen and oxygen atoms in total. The van der Waals surface area contributed by atoms with Crippen molar-refractivity contribution in [1.29, 1.82) is 0 Å². The number of carbonyl (C=O) groups is 2. The van der Waals surface area contributed by atoms with Crippen molar-refractivity contribution in [1.82, 2.24) is 15.1 Å². The summed E-state index contributed by atoms with van der Waals surface area (Å²) in [6, 6.07) is 9.44. The molecule has 0 unspecified atom stereocenters. The molecule has 0 radical (unpaired) electrons. The smallest absolute Gasteiger partial charge is 0.331 e. The number of rotatable bonds is 5. The number of amides is 1. The second-order valence-electron chi connectivity index (χ2n) is 6.78. The fourth-order valence-corrected chi connectivity index (χ4v) is 2.57. The molecule has 7 heteroatoms. The maximum atomic E-state index is 11.8. The van der Waals surface area contributed by atoms with Gasteiger partial charge in [-0.25, -0.2) is 9.48 Å². The molecular formula is C19H22ClN3O3. The molecule has 1 N–H and O–H groups in total. The van der Waals surface area contributed by atoms with Crippen molar-refractivity contribution >= 4 is 29.6 Å². The molecule has 0 atom stereocenters. The van der Waals surface area contributed by atoms with Gasteiger partial charge in [0.2, 0.25) is 0 Å². The third-order valence-electron chi connectivity index (χ3n) is 3.29. The van der Waals surface area contributed by atoms with Crippen LogP contribution in [-0.4, -0.2) is 33.8 Å². The monoisotopic (exact) mass is 375 g/mol. The maximum absolute atomic E-state index is 11.8. The number of hydrogen-bond acceptors (Lipinski definition) is 4. The highest BCUT2D eigenvalue weighted by Crippen LogP contribution is 2.24. The third-order valence-corrected chi connectivity index (χ3v) is 3.66. The average molecular weight is 376 g/mol. The Hall–Kier alpha value is -2.60. The first-order valence-corrected chi connectivity index (χ1v) is 8.51. The van der Waals surface area contributed by atoms with Gasteiger partial charge < -0.3 is 10.1 Å². The van der Waals surface area contributed by atoms with E-state index in [1.807, 2.05) is 51.1 Å². The molecular weight excluding hydrogens is 354 g/mol. The highest BCUT2D eigenvalue weighted by molar-refractivity contribution is 6.31. The summed E-state index contributed by atoms with van der Waals surface area (Å²) < 4.78 is 6.53. The third kappa shape index (κ3) is 5.46. The minimum atomic E-state index is -0.628. The van der Waals surface area contributed by atoms with Crippen LogP contribution in [0.5, 0.6) is 0 Å². The number of para-hydroxylation sites is 1. The van der Waals surface area contributed by atoms with Gasteiger partial charge in [0.05, 0.1) is 11.4 Å². The highest BCUT2D eigenvalue weighted by atomic mass is 35.5. The quantitative estimate of drug-likeness (QED) is 0.642. The van der Waals surface area contributed by atoms with Crippen molar-refractivity contribution in [2.75, 3.05) is 6.61 Å². The summed E-state index contributed by atoms with van der Waals surface area (Å²) in [4.78, 5) is 23.5. The summed E-state index contributed by atoms with van der Waals surface area (Å²) >= 11 is 6.38. The molecule has 0 fully saturated rings. The first-order chi connectivity index (χ1) is 12.2. The summed E-state index contributed by atoms with van der Waals surface area (Å²) in [5, 5.41) is 7.50. The molecule has 0 aliphatic carbocycles. The van der Waals surface area contributed by atoms with E-state index in [0.29, 0.717) is 16.4 Å². The van der Waals surface area contributed by atoms with Gasteiger partial charge in [-0.1, -0.05) is 29.8 Å². The lowest BCUT2D eigenvalue weighted by Crippen LogP contribution is -2.42. The Morgan fingerprint density at radius 1 is 1.27 bits per heavy atom. The Kier molecular flexibility index (Phi) is 6.21. The van der Waals surface area contributed by atoms with Gasteiger partial charge in [0.1, 0.15) is 5.15 Å². The van der Waals surface area contributed by atoms with E-state index < -0.39 is 5.97 Å². The SMILES string of the molecule is Cc1nn(-c2ccccc2)c(Cl)c1/C=C/C(=O)OCC(=O)NC(C)(C)C. The minimum absolute atomic E-state index is 0.337. The summed E-state index contributed by atoms with van der Waals surface area (Å²) in [5.41, 5.74) is 1.73. The summed E-state index contributed by atoms with van der Waals surface area (Å²) in [6.45, 7) is 7.01. The number of nitrogens with zero attached hydrogens (tertiary/aromatic N) is 2. The van der Waals surface area contributed by atoms with E-state index >= 15 is 0 Å². The minimum Gasteiger partial charge on any atom is -0.452 e. The van der Waals surface area contributed by atoms with E-state index in [1.54, 1.807) is 11.6 Å². The number of aryl methyl sites for hydroxylation is 1. The number of halogens is 1. The van der Waals surface area contributed by atoms with Crippen LogP contribution in [-0.2, 0) is 14.3 Å². The predicted octanol–water partition coefficient (Wildman–Crippen LogP) is 3.31. The molecule has 26 heavy (non-hydrogen) atoms. The molecule has 0 aliphatic heterocycles. The largest absolute Gasteiger partial charge is 0.452 e. The van der Waals surface area contributed by atoms with E-state index in [1.165, 1.54) is 12.2 Å². The molecule has 138 valence electrons. The van der Waals surface area contributed by atoms with Crippen LogP contribution in [0.15, 0.2) is 36.4 Å². The Morgan fingerprint density at radius 2 is 1.92 bits per heavy atom. The lowest BCUT2D eigenvalue weighted by Gasteiger charge is -2.20. The molecule has 1 amide bonds. The van der Waals surface area contributed by atoms with Crippen LogP contribution >= 0.6 is 11.6 Å². The first kappa shape index (κ1) is 19.7. The summed E-state index contributed by atoms with van der Waals surface area (Å²) in [6.07, 6.45) is 2.77. The Balaban J connectivity index is 2.03. The highest BCUT2D eigenvalue weighted by Gasteiger charge is 2.15. The van der Waals surface area contributed by atoms with Crippen molar-refractivity contribution in [3.05, 3.63) is 52.8 Å². The van der Waals surface area contributed by atoms with Gasteiger partial charge in [0, 0.05) is 17.2 Å². The normalized spacial score (nSPS) is 11.6. The fraction of sp³-hybridized carbons (Fsp3) is 0.316. The zero-order valence-corrected chi connectivity index (χ0v) is 16.0. The van der Waals surface area contributed by atoms with Gasteiger partial charge in [-0.05, 0) is 45.9 Å². The van der Waals surface area contributed by atoms with E-state index in [9.17, 15) is 9.59 Å². The molecule has 2 aromatic rings. The molecule has 0 saturated heterocycles. The van der Waals surface area contributed by atoms with Crippen molar-refractivity contribution in [2.24, 2.45) is 0 Å². The lowest BCUT2D eigenvalue weighted by atomic mass is 10.1. The van der Waals surface area contributed by atoms with Gasteiger partial charge >= 0.3 is 5.97 Å². The number of ether oxygens (including phenoxy) is 1. The summed E-state index contributed by atoms with van der Waals surface area (Å²) in [7, 11) is 0. The van der Waals surface area contributed by atoms with Crippen molar-refractivity contribution in [2.45, 2.75) is 33.2 Å². The zero-order chi connectivity index (χ0) is 19.3. The van der Waals surface area contributed by atoms with Crippen LogP contribution in [0.4, 0.5) is 0 Å². The molecule has 1 heterocycles. The van der Waals surface area contributed by atoms with E-state index in [4.69, 9.17) is 16.3 Å². The lowest BCUT2D eigenvalue weighted by molar-refractivity contribution is -0.144. The van der Waals surface area contributed by atoms with Crippen LogP contribution in [0.1, 0.15) is 32.0 Å². The molecule has 0 aliphatic rings. The first-order valence-electron chi connectivity index (χ1n) is 8.14. The number of carbonyl (C=O) groups excluding carboxylic acids is 2. The van der Waals surface area contributed by atoms with Gasteiger partial charge in [-0.15, -0.1) is 0 Å². The van der Waals surface area contributed by atoms with Crippen molar-refractivity contribution in [3.8, 4) is 5.69 Å². The van der Waals surface area contributed by atoms with Crippen LogP contribution in [0, 0.1) is 6.92 Å². The van der Waals surface area contributed by atoms with Crippen LogP contribution in [0.3, 0.4) is 0 Å². The zero-order valence-electron chi connectivity index (χ0n) is 15.2. The Morgan fingerprint density at radius 3 is 2.54 bits per heavy atom. The molecule has 2 rings (SSSR count). The topological polar surface area (TPSA) is 73.2 Å². The van der Waals surface area contributed by atoms with Crippen LogP contribution in [0.25, 0.3) is 11.8 Å². The van der Waals surface area contributed by atoms with Gasteiger partial charge in [0.15, 0.2) is 6.61 Å². The average Bonchev–Trinajstić information content (AvgIpc) is 2.85. The molecule has 0 bridgehead atoms. The second kappa shape index (κ2) is 8.19. The number of nitrogens with one attached hydrogen (secondary N) is 1. The predicted molar refractivity (Wildman–Crippen MR) is 101 cm³/mol. The molecule has 1 aromatic carbocycles. The number of benzene rings is 1. The number of hydrogen-bond donors (Lipinski definition) is 1. The Bertz CT molecular complexity index is 821. The second-order valence-corrected chi connectivity index (χ2v) is 7.13. The molecule has 1 aromatic heterocycles. The molecule has 0 spiro atoms. The van der Waals surface area contributed by atoms with Crippen molar-refractivity contribution < 1.29 is 14.3 Å².